The van der Waals surface area contributed by atoms with E-state index in [9.17, 15) is 19.7 Å². The highest BCUT2D eigenvalue weighted by molar-refractivity contribution is 6.04. The van der Waals surface area contributed by atoms with Crippen molar-refractivity contribution in [1.82, 2.24) is 0 Å². The Morgan fingerprint density at radius 2 is 1.81 bits per heavy atom. The van der Waals surface area contributed by atoms with Gasteiger partial charge in [-0.3, -0.25) is 19.7 Å². The number of carbonyl (C=O) groups excluding carboxylic acids is 2. The number of amides is 2. The van der Waals surface area contributed by atoms with Gasteiger partial charge >= 0.3 is 0 Å². The molecule has 0 saturated carbocycles. The molecule has 27 heavy (non-hydrogen) atoms. The van der Waals surface area contributed by atoms with Crippen LogP contribution in [0.2, 0.25) is 0 Å². The minimum atomic E-state index is -0.462. The fraction of sp³-hybridized carbons (Fsp3) is 0.300. The van der Waals surface area contributed by atoms with Crippen LogP contribution in [0.15, 0.2) is 30.3 Å². The molecule has 0 atom stereocenters. The maximum Gasteiger partial charge on any atom is 0.269 e. The maximum atomic E-state index is 12.6. The van der Waals surface area contributed by atoms with Crippen molar-refractivity contribution in [3.05, 3.63) is 62.7 Å². The molecule has 0 aliphatic carbocycles. The predicted molar refractivity (Wildman–Crippen MR) is 103 cm³/mol. The number of hydrogen-bond acceptors (Lipinski definition) is 4. The summed E-state index contributed by atoms with van der Waals surface area (Å²) in [6, 6.07) is 8.35. The largest absolute Gasteiger partial charge is 0.324 e. The van der Waals surface area contributed by atoms with Crippen LogP contribution in [0.5, 0.6) is 0 Å². The number of rotatable bonds is 4. The molecule has 140 valence electrons. The third kappa shape index (κ3) is 3.81. The first kappa shape index (κ1) is 18.6. The van der Waals surface area contributed by atoms with E-state index in [1.54, 1.807) is 6.07 Å². The fourth-order valence-electron chi connectivity index (χ4n) is 3.53. The monoisotopic (exact) mass is 367 g/mol. The summed E-state index contributed by atoms with van der Waals surface area (Å²) in [5, 5.41) is 13.9. The van der Waals surface area contributed by atoms with Crippen molar-refractivity contribution in [3.63, 3.8) is 0 Å². The van der Waals surface area contributed by atoms with Gasteiger partial charge in [-0.2, -0.15) is 0 Å². The second kappa shape index (κ2) is 7.19. The molecule has 0 radical (unpaired) electrons. The lowest BCUT2D eigenvalue weighted by molar-refractivity contribution is -0.384. The quantitative estimate of drug-likeness (QED) is 0.662. The number of nitrogens with zero attached hydrogens (tertiary/aromatic N) is 2. The van der Waals surface area contributed by atoms with Crippen molar-refractivity contribution < 1.29 is 14.5 Å². The Bertz CT molecular complexity index is 929. The average Bonchev–Trinajstić information content (AvgIpc) is 2.60. The maximum absolute atomic E-state index is 12.6. The lowest BCUT2D eigenvalue weighted by atomic mass is 10.0. The van der Waals surface area contributed by atoms with E-state index in [0.717, 1.165) is 22.4 Å². The van der Waals surface area contributed by atoms with Crippen LogP contribution in [0, 0.1) is 30.9 Å². The summed E-state index contributed by atoms with van der Waals surface area (Å²) in [7, 11) is 0. The summed E-state index contributed by atoms with van der Waals surface area (Å²) in [4.78, 5) is 36.8. The van der Waals surface area contributed by atoms with Crippen LogP contribution >= 0.6 is 0 Å². The summed E-state index contributed by atoms with van der Waals surface area (Å²) < 4.78 is 0. The number of aryl methyl sites for hydroxylation is 4. The smallest absolute Gasteiger partial charge is 0.269 e. The van der Waals surface area contributed by atoms with Crippen LogP contribution < -0.4 is 10.2 Å². The molecule has 2 aromatic carbocycles. The van der Waals surface area contributed by atoms with Gasteiger partial charge < -0.3 is 10.2 Å². The van der Waals surface area contributed by atoms with Gasteiger partial charge in [-0.15, -0.1) is 0 Å². The molecule has 0 bridgehead atoms. The number of carbonyl (C=O) groups is 2. The Morgan fingerprint density at radius 1 is 1.15 bits per heavy atom. The normalized spacial score (nSPS) is 13.3. The summed E-state index contributed by atoms with van der Waals surface area (Å²) in [5.41, 5.74) is 5.04. The Hall–Kier alpha value is -3.22. The van der Waals surface area contributed by atoms with Gasteiger partial charge in [0.25, 0.3) is 5.69 Å². The molecular weight excluding hydrogens is 346 g/mol. The fourth-order valence-corrected chi connectivity index (χ4v) is 3.53. The van der Waals surface area contributed by atoms with Gasteiger partial charge in [-0.05, 0) is 49.9 Å². The van der Waals surface area contributed by atoms with E-state index in [1.807, 2.05) is 32.9 Å². The lowest BCUT2D eigenvalue weighted by Gasteiger charge is -2.29. The number of anilines is 2. The van der Waals surface area contributed by atoms with Crippen LogP contribution in [-0.4, -0.2) is 23.3 Å². The molecule has 0 spiro atoms. The second-order valence-corrected chi connectivity index (χ2v) is 6.87. The first-order chi connectivity index (χ1) is 12.8. The molecule has 0 saturated heterocycles. The Kier molecular flexibility index (Phi) is 4.94. The van der Waals surface area contributed by atoms with E-state index in [0.29, 0.717) is 17.7 Å². The summed E-state index contributed by atoms with van der Waals surface area (Å²) in [6.07, 6.45) is 0.661. The predicted octanol–water partition coefficient (Wildman–Crippen LogP) is 3.44. The van der Waals surface area contributed by atoms with Crippen LogP contribution in [0.1, 0.15) is 28.7 Å². The summed E-state index contributed by atoms with van der Waals surface area (Å²) in [5.74, 6) is -0.464. The number of nitrogens with one attached hydrogen (secondary N) is 1. The van der Waals surface area contributed by atoms with Gasteiger partial charge in [-0.25, -0.2) is 0 Å². The van der Waals surface area contributed by atoms with Crippen molar-refractivity contribution in [2.24, 2.45) is 0 Å². The van der Waals surface area contributed by atoms with E-state index >= 15 is 0 Å². The number of non-ortho nitro benzene ring substituents is 1. The van der Waals surface area contributed by atoms with Gasteiger partial charge in [0.1, 0.15) is 6.54 Å². The highest BCUT2D eigenvalue weighted by Crippen LogP contribution is 2.31. The van der Waals surface area contributed by atoms with Crippen molar-refractivity contribution in [1.29, 1.82) is 0 Å². The Morgan fingerprint density at radius 3 is 2.44 bits per heavy atom. The molecule has 1 aliphatic heterocycles. The third-order valence-corrected chi connectivity index (χ3v) is 4.72. The van der Waals surface area contributed by atoms with E-state index in [4.69, 9.17) is 0 Å². The summed E-state index contributed by atoms with van der Waals surface area (Å²) in [6.45, 7) is 5.72. The number of hydrogen-bond donors (Lipinski definition) is 1. The highest BCUT2D eigenvalue weighted by atomic mass is 16.6. The van der Waals surface area contributed by atoms with Gasteiger partial charge in [-0.1, -0.05) is 17.7 Å². The highest BCUT2D eigenvalue weighted by Gasteiger charge is 2.27. The van der Waals surface area contributed by atoms with Crippen LogP contribution in [-0.2, 0) is 16.0 Å². The zero-order valence-electron chi connectivity index (χ0n) is 15.5. The minimum absolute atomic E-state index is 0.0154. The van der Waals surface area contributed by atoms with Crippen molar-refractivity contribution in [2.75, 3.05) is 16.8 Å². The van der Waals surface area contributed by atoms with Gasteiger partial charge in [0.2, 0.25) is 11.8 Å². The third-order valence-electron chi connectivity index (χ3n) is 4.72. The van der Waals surface area contributed by atoms with Gasteiger partial charge in [0.05, 0.1) is 4.92 Å². The number of nitro groups is 1. The first-order valence-corrected chi connectivity index (χ1v) is 8.71. The number of fused-ring (bicyclic) bond motifs is 1. The SMILES string of the molecule is Cc1cc(C)c(NC(=O)CN2C(=O)CCc3cc([N+](=O)[O-])ccc32)c(C)c1. The molecule has 1 heterocycles. The van der Waals surface area contributed by atoms with Crippen molar-refractivity contribution in [2.45, 2.75) is 33.6 Å². The van der Waals surface area contributed by atoms with Crippen molar-refractivity contribution in [3.8, 4) is 0 Å². The lowest BCUT2D eigenvalue weighted by Crippen LogP contribution is -2.41. The van der Waals surface area contributed by atoms with Gasteiger partial charge in [0, 0.05) is 29.9 Å². The van der Waals surface area contributed by atoms with E-state index < -0.39 is 4.92 Å². The minimum Gasteiger partial charge on any atom is -0.324 e. The molecule has 2 amide bonds. The number of benzene rings is 2. The zero-order chi connectivity index (χ0) is 19.7. The molecule has 0 aromatic heterocycles. The Labute approximate surface area is 157 Å². The number of nitro benzene ring substituents is 1. The molecule has 1 aliphatic rings. The van der Waals surface area contributed by atoms with E-state index in [2.05, 4.69) is 5.32 Å². The van der Waals surface area contributed by atoms with Crippen molar-refractivity contribution >= 4 is 28.9 Å². The van der Waals surface area contributed by atoms with Gasteiger partial charge in [0.15, 0.2) is 0 Å². The standard InChI is InChI=1S/C20H21N3O4/c1-12-8-13(2)20(14(3)9-12)21-18(24)11-22-17-6-5-16(23(26)27)10-15(17)4-7-19(22)25/h5-6,8-10H,4,7,11H2,1-3H3,(H,21,24). The average molecular weight is 367 g/mol. The zero-order valence-corrected chi connectivity index (χ0v) is 15.5. The van der Waals surface area contributed by atoms with Crippen LogP contribution in [0.4, 0.5) is 17.1 Å². The molecule has 1 N–H and O–H groups in total. The molecule has 0 unspecified atom stereocenters. The molecule has 2 aromatic rings. The molecule has 7 heteroatoms. The van der Waals surface area contributed by atoms with E-state index in [1.165, 1.54) is 17.0 Å². The molecular formula is C20H21N3O4. The van der Waals surface area contributed by atoms with E-state index in [-0.39, 0.29) is 30.5 Å². The second-order valence-electron chi connectivity index (χ2n) is 6.87. The molecule has 0 fully saturated rings. The molecule has 3 rings (SSSR count). The van der Waals surface area contributed by atoms with Crippen LogP contribution in [0.3, 0.4) is 0 Å². The Balaban J connectivity index is 1.82. The summed E-state index contributed by atoms with van der Waals surface area (Å²) >= 11 is 0. The molecule has 7 nitrogen and oxygen atoms in total. The van der Waals surface area contributed by atoms with Crippen LogP contribution in [0.25, 0.3) is 0 Å². The first-order valence-electron chi connectivity index (χ1n) is 8.71. The topological polar surface area (TPSA) is 92.6 Å².